The van der Waals surface area contributed by atoms with Crippen molar-refractivity contribution in [1.82, 2.24) is 0 Å². The molecule has 0 aliphatic carbocycles. The van der Waals surface area contributed by atoms with Crippen LogP contribution in [0, 0.1) is 17.7 Å². The van der Waals surface area contributed by atoms with Crippen LogP contribution in [0.4, 0.5) is 14.9 Å². The van der Waals surface area contributed by atoms with Crippen LogP contribution in [0.25, 0.3) is 0 Å². The zero-order chi connectivity index (χ0) is 15.2. The quantitative estimate of drug-likeness (QED) is 0.818. The molecule has 5 heteroatoms. The number of hydrogen-bond donors (Lipinski definition) is 2. The molecule has 1 rings (SSSR count). The normalized spacial score (nSPS) is 10.4. The van der Waals surface area contributed by atoms with Gasteiger partial charge in [0.05, 0.1) is 5.69 Å². The molecule has 0 aliphatic rings. The van der Waals surface area contributed by atoms with Gasteiger partial charge >= 0.3 is 6.09 Å². The summed E-state index contributed by atoms with van der Waals surface area (Å²) in [5, 5.41) is 2.36. The van der Waals surface area contributed by atoms with Crippen LogP contribution >= 0.6 is 0 Å². The molecule has 1 amide bonds. The zero-order valence-electron chi connectivity index (χ0n) is 11.9. The highest BCUT2D eigenvalue weighted by Gasteiger charge is 2.17. The first kappa shape index (κ1) is 16.0. The number of hydrogen-bond acceptors (Lipinski definition) is 3. The summed E-state index contributed by atoms with van der Waals surface area (Å²) in [7, 11) is 0. The van der Waals surface area contributed by atoms with E-state index in [0.717, 1.165) is 0 Å². The Morgan fingerprint density at radius 3 is 2.70 bits per heavy atom. The van der Waals surface area contributed by atoms with Crippen LogP contribution in [0.3, 0.4) is 0 Å². The Bertz CT molecular complexity index is 539. The van der Waals surface area contributed by atoms with Crippen molar-refractivity contribution in [2.24, 2.45) is 5.73 Å². The summed E-state index contributed by atoms with van der Waals surface area (Å²) in [6.45, 7) is 5.67. The second kappa shape index (κ2) is 6.92. The summed E-state index contributed by atoms with van der Waals surface area (Å²) in [4.78, 5) is 11.5. The summed E-state index contributed by atoms with van der Waals surface area (Å²) in [5.74, 6) is 5.05. The standard InChI is InChI=1S/C15H19FN2O2/c1-15(2,3)20-14(19)18-13-8-7-11(10-12(13)16)6-4-5-9-17/h7-8,10H,5,9,17H2,1-3H3,(H,18,19). The molecule has 0 aliphatic heterocycles. The van der Waals surface area contributed by atoms with E-state index in [4.69, 9.17) is 10.5 Å². The van der Waals surface area contributed by atoms with Gasteiger partial charge in [-0.05, 0) is 39.0 Å². The molecule has 0 bridgehead atoms. The Balaban J connectivity index is 2.74. The Hall–Kier alpha value is -2.06. The van der Waals surface area contributed by atoms with Crippen LogP contribution in [0.15, 0.2) is 18.2 Å². The van der Waals surface area contributed by atoms with Crippen LogP contribution < -0.4 is 11.1 Å². The fourth-order valence-corrected chi connectivity index (χ4v) is 1.34. The number of anilines is 1. The van der Waals surface area contributed by atoms with E-state index >= 15 is 0 Å². The first-order valence-corrected chi connectivity index (χ1v) is 6.30. The third-order valence-corrected chi connectivity index (χ3v) is 2.11. The van der Waals surface area contributed by atoms with E-state index in [0.29, 0.717) is 18.5 Å². The van der Waals surface area contributed by atoms with E-state index in [1.807, 2.05) is 0 Å². The first-order chi connectivity index (χ1) is 9.31. The molecule has 0 heterocycles. The Kier molecular flexibility index (Phi) is 5.53. The molecule has 0 fully saturated rings. The number of rotatable bonds is 2. The number of carbonyl (C=O) groups is 1. The van der Waals surface area contributed by atoms with E-state index in [9.17, 15) is 9.18 Å². The van der Waals surface area contributed by atoms with Gasteiger partial charge in [0.2, 0.25) is 0 Å². The molecule has 1 aromatic rings. The summed E-state index contributed by atoms with van der Waals surface area (Å²) in [6.07, 6.45) is -0.141. The maximum absolute atomic E-state index is 13.8. The number of halogens is 1. The topological polar surface area (TPSA) is 64.3 Å². The number of ether oxygens (including phenoxy) is 1. The molecule has 20 heavy (non-hydrogen) atoms. The highest BCUT2D eigenvalue weighted by Crippen LogP contribution is 2.17. The molecular weight excluding hydrogens is 259 g/mol. The molecule has 0 aromatic heterocycles. The van der Waals surface area contributed by atoms with Gasteiger partial charge in [-0.3, -0.25) is 5.32 Å². The molecule has 0 atom stereocenters. The van der Waals surface area contributed by atoms with Crippen molar-refractivity contribution in [3.05, 3.63) is 29.6 Å². The monoisotopic (exact) mass is 278 g/mol. The number of nitrogens with one attached hydrogen (secondary N) is 1. The minimum absolute atomic E-state index is 0.0589. The molecule has 1 aromatic carbocycles. The van der Waals surface area contributed by atoms with Crippen molar-refractivity contribution in [3.8, 4) is 11.8 Å². The van der Waals surface area contributed by atoms with Gasteiger partial charge in [-0.2, -0.15) is 0 Å². The number of nitrogens with two attached hydrogens (primary N) is 1. The number of carbonyl (C=O) groups excluding carboxylic acids is 1. The van der Waals surface area contributed by atoms with E-state index < -0.39 is 17.5 Å². The van der Waals surface area contributed by atoms with Gasteiger partial charge in [0.15, 0.2) is 0 Å². The van der Waals surface area contributed by atoms with E-state index in [1.54, 1.807) is 26.8 Å². The van der Waals surface area contributed by atoms with Crippen molar-refractivity contribution in [1.29, 1.82) is 0 Å². The summed E-state index contributed by atoms with van der Waals surface area (Å²) >= 11 is 0. The third kappa shape index (κ3) is 5.72. The molecule has 3 N–H and O–H groups in total. The molecule has 0 saturated carbocycles. The molecule has 4 nitrogen and oxygen atoms in total. The van der Waals surface area contributed by atoms with Gasteiger partial charge in [0.25, 0.3) is 0 Å². The van der Waals surface area contributed by atoms with Crippen molar-refractivity contribution >= 4 is 11.8 Å². The van der Waals surface area contributed by atoms with Crippen LogP contribution in [0.1, 0.15) is 32.8 Å². The smallest absolute Gasteiger partial charge is 0.412 e. The van der Waals surface area contributed by atoms with Crippen molar-refractivity contribution < 1.29 is 13.9 Å². The maximum atomic E-state index is 13.8. The summed E-state index contributed by atoms with van der Waals surface area (Å²) < 4.78 is 18.8. The van der Waals surface area contributed by atoms with Gasteiger partial charge in [0, 0.05) is 18.5 Å². The fourth-order valence-electron chi connectivity index (χ4n) is 1.34. The number of benzene rings is 1. The fraction of sp³-hybridized carbons (Fsp3) is 0.400. The first-order valence-electron chi connectivity index (χ1n) is 6.30. The highest BCUT2D eigenvalue weighted by molar-refractivity contribution is 5.85. The lowest BCUT2D eigenvalue weighted by molar-refractivity contribution is 0.0635. The second-order valence-electron chi connectivity index (χ2n) is 5.16. The van der Waals surface area contributed by atoms with E-state index in [-0.39, 0.29) is 5.69 Å². The average molecular weight is 278 g/mol. The van der Waals surface area contributed by atoms with Crippen LogP contribution in [-0.4, -0.2) is 18.2 Å². The summed E-state index contributed by atoms with van der Waals surface area (Å²) in [5.41, 5.74) is 5.28. The minimum atomic E-state index is -0.696. The van der Waals surface area contributed by atoms with Crippen LogP contribution in [0.2, 0.25) is 0 Å². The minimum Gasteiger partial charge on any atom is -0.444 e. The molecule has 108 valence electrons. The lowest BCUT2D eigenvalue weighted by Crippen LogP contribution is -2.27. The van der Waals surface area contributed by atoms with Gasteiger partial charge in [0.1, 0.15) is 11.4 Å². The van der Waals surface area contributed by atoms with E-state index in [2.05, 4.69) is 17.2 Å². The molecule has 0 radical (unpaired) electrons. The lowest BCUT2D eigenvalue weighted by atomic mass is 10.2. The Morgan fingerprint density at radius 2 is 2.15 bits per heavy atom. The highest BCUT2D eigenvalue weighted by atomic mass is 19.1. The van der Waals surface area contributed by atoms with Crippen molar-refractivity contribution in [2.45, 2.75) is 32.8 Å². The average Bonchev–Trinajstić information content (AvgIpc) is 2.30. The summed E-state index contributed by atoms with van der Waals surface area (Å²) in [6, 6.07) is 4.33. The van der Waals surface area contributed by atoms with Gasteiger partial charge in [-0.25, -0.2) is 9.18 Å². The maximum Gasteiger partial charge on any atom is 0.412 e. The van der Waals surface area contributed by atoms with Crippen molar-refractivity contribution in [2.75, 3.05) is 11.9 Å². The van der Waals surface area contributed by atoms with Gasteiger partial charge in [-0.15, -0.1) is 0 Å². The zero-order valence-corrected chi connectivity index (χ0v) is 11.9. The predicted octanol–water partition coefficient (Wildman–Crippen LogP) is 2.87. The van der Waals surface area contributed by atoms with Gasteiger partial charge in [-0.1, -0.05) is 11.8 Å². The lowest BCUT2D eigenvalue weighted by Gasteiger charge is -2.19. The van der Waals surface area contributed by atoms with Gasteiger partial charge < -0.3 is 10.5 Å². The third-order valence-electron chi connectivity index (χ3n) is 2.11. The largest absolute Gasteiger partial charge is 0.444 e. The molecular formula is C15H19FN2O2. The van der Waals surface area contributed by atoms with Crippen molar-refractivity contribution in [3.63, 3.8) is 0 Å². The molecule has 0 saturated heterocycles. The van der Waals surface area contributed by atoms with Crippen LogP contribution in [-0.2, 0) is 4.74 Å². The Labute approximate surface area is 118 Å². The van der Waals surface area contributed by atoms with E-state index in [1.165, 1.54) is 12.1 Å². The Morgan fingerprint density at radius 1 is 1.45 bits per heavy atom. The predicted molar refractivity (Wildman–Crippen MR) is 76.8 cm³/mol. The molecule has 0 unspecified atom stereocenters. The van der Waals surface area contributed by atoms with Crippen LogP contribution in [0.5, 0.6) is 0 Å². The number of amides is 1. The SMILES string of the molecule is CC(C)(C)OC(=O)Nc1ccc(C#CCCN)cc1F. The molecule has 0 spiro atoms. The second-order valence-corrected chi connectivity index (χ2v) is 5.16.